The van der Waals surface area contributed by atoms with E-state index in [9.17, 15) is 14.0 Å². The highest BCUT2D eigenvalue weighted by Crippen LogP contribution is 2.54. The van der Waals surface area contributed by atoms with Crippen LogP contribution < -0.4 is 0 Å². The van der Waals surface area contributed by atoms with Crippen LogP contribution in [0.15, 0.2) is 29.4 Å². The van der Waals surface area contributed by atoms with Crippen molar-refractivity contribution in [2.45, 2.75) is 18.3 Å². The van der Waals surface area contributed by atoms with E-state index in [1.165, 1.54) is 24.1 Å². The molecule has 0 aromatic heterocycles. The molecule has 6 atom stereocenters. The van der Waals surface area contributed by atoms with Crippen LogP contribution in [0, 0.1) is 23.6 Å². The molecule has 2 bridgehead atoms. The van der Waals surface area contributed by atoms with Gasteiger partial charge in [-0.1, -0.05) is 17.3 Å². The van der Waals surface area contributed by atoms with Crippen LogP contribution in [0.25, 0.3) is 0 Å². The number of likely N-dealkylation sites (tertiary alicyclic amines) is 1. The third-order valence-corrected chi connectivity index (χ3v) is 5.40. The van der Waals surface area contributed by atoms with Crippen molar-refractivity contribution >= 4 is 17.5 Å². The van der Waals surface area contributed by atoms with Gasteiger partial charge in [0.25, 0.3) is 0 Å². The minimum absolute atomic E-state index is 0.198. The summed E-state index contributed by atoms with van der Waals surface area (Å²) in [5.41, 5.74) is 1.41. The summed E-state index contributed by atoms with van der Waals surface area (Å²) >= 11 is 0. The largest absolute Gasteiger partial charge is 0.389 e. The molecule has 118 valence electrons. The molecule has 0 unspecified atom stereocenters. The predicted molar refractivity (Wildman–Crippen MR) is 74.7 cm³/mol. The summed E-state index contributed by atoms with van der Waals surface area (Å²) in [5, 5.41) is 4.14. The maximum Gasteiger partial charge on any atom is 0.235 e. The molecule has 0 saturated carbocycles. The Balaban J connectivity index is 1.53. The van der Waals surface area contributed by atoms with Gasteiger partial charge in [-0.25, -0.2) is 4.39 Å². The van der Waals surface area contributed by atoms with Crippen molar-refractivity contribution in [3.8, 4) is 0 Å². The van der Waals surface area contributed by atoms with Crippen molar-refractivity contribution in [1.29, 1.82) is 0 Å². The van der Waals surface area contributed by atoms with Gasteiger partial charge < -0.3 is 9.57 Å². The van der Waals surface area contributed by atoms with Gasteiger partial charge in [0.2, 0.25) is 11.8 Å². The fraction of sp³-hybridized carbons (Fsp3) is 0.438. The van der Waals surface area contributed by atoms with Crippen LogP contribution >= 0.6 is 0 Å². The number of hydrogen-bond donors (Lipinski definition) is 0. The Bertz CT molecular complexity index is 762. The topological polar surface area (TPSA) is 68.2 Å². The first-order valence-electron chi connectivity index (χ1n) is 7.54. The number of imide groups is 1. The van der Waals surface area contributed by atoms with Gasteiger partial charge in [0.15, 0.2) is 6.10 Å². The van der Waals surface area contributed by atoms with E-state index in [0.29, 0.717) is 5.71 Å². The molecule has 4 aliphatic heterocycles. The summed E-state index contributed by atoms with van der Waals surface area (Å²) in [6.07, 6.45) is -1.22. The van der Waals surface area contributed by atoms with Crippen LogP contribution in [-0.4, -0.2) is 47.8 Å². The first-order chi connectivity index (χ1) is 11.1. The second-order valence-electron chi connectivity index (χ2n) is 6.43. The van der Waals surface area contributed by atoms with Crippen molar-refractivity contribution in [2.75, 3.05) is 7.05 Å². The number of hydrogen-bond acceptors (Lipinski definition) is 5. The molecular weight excluding hydrogens is 303 g/mol. The van der Waals surface area contributed by atoms with Crippen molar-refractivity contribution in [3.63, 3.8) is 0 Å². The minimum atomic E-state index is -0.471. The Morgan fingerprint density at radius 3 is 2.35 bits per heavy atom. The average molecular weight is 316 g/mol. The highest BCUT2D eigenvalue weighted by atomic mass is 19.1. The summed E-state index contributed by atoms with van der Waals surface area (Å²) in [5.74, 6) is -1.86. The average Bonchev–Trinajstić information content (AvgIpc) is 3.26. The van der Waals surface area contributed by atoms with Crippen molar-refractivity contribution in [3.05, 3.63) is 35.6 Å². The third-order valence-electron chi connectivity index (χ3n) is 5.40. The molecule has 3 saturated heterocycles. The van der Waals surface area contributed by atoms with Gasteiger partial charge >= 0.3 is 0 Å². The molecule has 5 rings (SSSR count). The van der Waals surface area contributed by atoms with Gasteiger partial charge in [-0.15, -0.1) is 0 Å². The summed E-state index contributed by atoms with van der Waals surface area (Å²) in [6.45, 7) is 0. The number of benzene rings is 1. The number of carbonyl (C=O) groups is 2. The van der Waals surface area contributed by atoms with E-state index in [0.717, 1.165) is 5.56 Å². The van der Waals surface area contributed by atoms with Crippen molar-refractivity contribution in [1.82, 2.24) is 4.90 Å². The second-order valence-corrected chi connectivity index (χ2v) is 6.43. The molecule has 3 fully saturated rings. The summed E-state index contributed by atoms with van der Waals surface area (Å²) < 4.78 is 19.0. The van der Waals surface area contributed by atoms with Gasteiger partial charge in [-0.2, -0.15) is 0 Å². The minimum Gasteiger partial charge on any atom is -0.389 e. The van der Waals surface area contributed by atoms with Crippen LogP contribution in [0.2, 0.25) is 0 Å². The number of oxime groups is 1. The number of halogens is 1. The zero-order valence-corrected chi connectivity index (χ0v) is 12.2. The molecule has 7 heteroatoms. The maximum atomic E-state index is 13.1. The standard InChI is InChI=1S/C16H13FN2O4/c1-19-15(20)8-9(16(19)21)13-14-10(12(8)22-13)11(18-23-14)6-2-4-7(17)5-3-6/h2-5,8-10,12-14H,1H3/t8-,9+,10+,12-,13-,14-/m1/s1. The molecule has 0 radical (unpaired) electrons. The zero-order valence-electron chi connectivity index (χ0n) is 12.2. The van der Waals surface area contributed by atoms with E-state index in [2.05, 4.69) is 5.16 Å². The lowest BCUT2D eigenvalue weighted by atomic mass is 9.71. The number of carbonyl (C=O) groups excluding carboxylic acids is 2. The Labute approximate surface area is 130 Å². The molecule has 4 aliphatic rings. The first-order valence-corrected chi connectivity index (χ1v) is 7.54. The van der Waals surface area contributed by atoms with Crippen LogP contribution in [-0.2, 0) is 19.2 Å². The smallest absolute Gasteiger partial charge is 0.235 e. The van der Waals surface area contributed by atoms with E-state index >= 15 is 0 Å². The molecule has 6 nitrogen and oxygen atoms in total. The molecule has 2 amide bonds. The van der Waals surface area contributed by atoms with Crippen LogP contribution in [0.5, 0.6) is 0 Å². The molecule has 0 N–H and O–H groups in total. The van der Waals surface area contributed by atoms with Crippen molar-refractivity contribution < 1.29 is 23.6 Å². The molecule has 4 heterocycles. The van der Waals surface area contributed by atoms with E-state index in [4.69, 9.17) is 9.57 Å². The van der Waals surface area contributed by atoms with Gasteiger partial charge in [-0.3, -0.25) is 14.5 Å². The van der Waals surface area contributed by atoms with Crippen LogP contribution in [0.3, 0.4) is 0 Å². The van der Waals surface area contributed by atoms with E-state index in [1.807, 2.05) is 0 Å². The Morgan fingerprint density at radius 1 is 1.00 bits per heavy atom. The third kappa shape index (κ3) is 1.48. The molecule has 1 aromatic carbocycles. The van der Waals surface area contributed by atoms with Crippen LogP contribution in [0.4, 0.5) is 4.39 Å². The van der Waals surface area contributed by atoms with Gasteiger partial charge in [0.1, 0.15) is 11.9 Å². The number of fused-ring (bicyclic) bond motifs is 8. The molecule has 23 heavy (non-hydrogen) atoms. The highest BCUT2D eigenvalue weighted by molar-refractivity contribution is 6.09. The Kier molecular flexibility index (Phi) is 2.39. The van der Waals surface area contributed by atoms with E-state index < -0.39 is 24.0 Å². The SMILES string of the molecule is CN1C(=O)[C@@H]2[C@H]3O[C@@H]([C@@H]4C(c5ccc(F)cc5)=NO[C@@H]34)[C@@H]2C1=O. The zero-order chi connectivity index (χ0) is 15.9. The molecule has 0 aliphatic carbocycles. The monoisotopic (exact) mass is 316 g/mol. The van der Waals surface area contributed by atoms with Gasteiger partial charge in [-0.05, 0) is 12.1 Å². The predicted octanol–water partition coefficient (Wildman–Crippen LogP) is 0.557. The number of nitrogens with zero attached hydrogens (tertiary/aromatic N) is 2. The number of amides is 2. The van der Waals surface area contributed by atoms with Gasteiger partial charge in [0.05, 0.1) is 29.6 Å². The summed E-state index contributed by atoms with van der Waals surface area (Å²) in [6, 6.07) is 5.99. The lowest BCUT2D eigenvalue weighted by molar-refractivity contribution is -0.141. The van der Waals surface area contributed by atoms with E-state index in [1.54, 1.807) is 12.1 Å². The second kappa shape index (κ2) is 4.17. The van der Waals surface area contributed by atoms with Gasteiger partial charge in [0, 0.05) is 12.6 Å². The Morgan fingerprint density at radius 2 is 1.65 bits per heavy atom. The Hall–Kier alpha value is -2.28. The lowest BCUT2D eigenvalue weighted by Crippen LogP contribution is -2.45. The fourth-order valence-electron chi connectivity index (χ4n) is 4.37. The number of ether oxygens (including phenoxy) is 1. The number of rotatable bonds is 1. The van der Waals surface area contributed by atoms with Crippen molar-refractivity contribution in [2.24, 2.45) is 22.9 Å². The normalized spacial score (nSPS) is 40.3. The lowest BCUT2D eigenvalue weighted by Gasteiger charge is -2.26. The summed E-state index contributed by atoms with van der Waals surface area (Å²) in [4.78, 5) is 31.3. The maximum absolute atomic E-state index is 13.1. The fourth-order valence-corrected chi connectivity index (χ4v) is 4.37. The summed E-state index contributed by atoms with van der Waals surface area (Å²) in [7, 11) is 1.51. The van der Waals surface area contributed by atoms with E-state index in [-0.39, 0.29) is 29.7 Å². The molecular formula is C16H13FN2O4. The molecule has 1 aromatic rings. The highest BCUT2D eigenvalue weighted by Gasteiger charge is 2.71. The first kappa shape index (κ1) is 13.2. The molecule has 0 spiro atoms. The quantitative estimate of drug-likeness (QED) is 0.710. The van der Waals surface area contributed by atoms with Crippen LogP contribution in [0.1, 0.15) is 5.56 Å².